The van der Waals surface area contributed by atoms with Crippen LogP contribution in [-0.2, 0) is 11.3 Å². The number of guanidine groups is 1. The van der Waals surface area contributed by atoms with Crippen LogP contribution < -0.4 is 10.6 Å². The van der Waals surface area contributed by atoms with Crippen LogP contribution in [0.25, 0.3) is 0 Å². The van der Waals surface area contributed by atoms with Crippen molar-refractivity contribution >= 4 is 5.96 Å². The zero-order valence-corrected chi connectivity index (χ0v) is 15.9. The van der Waals surface area contributed by atoms with E-state index in [1.54, 1.807) is 13.0 Å². The molecule has 1 saturated heterocycles. The van der Waals surface area contributed by atoms with Crippen molar-refractivity contribution in [1.82, 2.24) is 15.5 Å². The summed E-state index contributed by atoms with van der Waals surface area (Å²) in [5.41, 5.74) is 1.74. The highest BCUT2D eigenvalue weighted by molar-refractivity contribution is 5.79. The van der Waals surface area contributed by atoms with Gasteiger partial charge in [-0.15, -0.1) is 0 Å². The summed E-state index contributed by atoms with van der Waals surface area (Å²) in [5, 5.41) is 6.77. The lowest BCUT2D eigenvalue weighted by molar-refractivity contribution is -0.00501. The van der Waals surface area contributed by atoms with Crippen LogP contribution in [0.5, 0.6) is 0 Å². The van der Waals surface area contributed by atoms with Gasteiger partial charge < -0.3 is 20.3 Å². The summed E-state index contributed by atoms with van der Waals surface area (Å²) in [6.07, 6.45) is 2.01. The summed E-state index contributed by atoms with van der Waals surface area (Å²) in [5.74, 6) is 0.613. The van der Waals surface area contributed by atoms with Gasteiger partial charge in [0.25, 0.3) is 0 Å². The number of nitrogens with one attached hydrogen (secondary N) is 2. The Morgan fingerprint density at radius 3 is 2.60 bits per heavy atom. The number of benzene rings is 1. The number of nitrogens with zero attached hydrogens (tertiary/aromatic N) is 2. The van der Waals surface area contributed by atoms with E-state index in [9.17, 15) is 4.39 Å². The van der Waals surface area contributed by atoms with Crippen LogP contribution in [0.2, 0.25) is 0 Å². The Balaban J connectivity index is 2.02. The number of hydrogen-bond acceptors (Lipinski definition) is 3. The largest absolute Gasteiger partial charge is 0.381 e. The van der Waals surface area contributed by atoms with E-state index in [2.05, 4.69) is 41.5 Å². The van der Waals surface area contributed by atoms with Crippen LogP contribution in [-0.4, -0.2) is 56.8 Å². The molecule has 1 aromatic rings. The third-order valence-electron chi connectivity index (χ3n) is 4.94. The Bertz CT molecular complexity index is 583. The third-order valence-corrected chi connectivity index (χ3v) is 4.94. The molecule has 1 aliphatic heterocycles. The van der Waals surface area contributed by atoms with Gasteiger partial charge in [0, 0.05) is 31.8 Å². The summed E-state index contributed by atoms with van der Waals surface area (Å²) in [6, 6.07) is 5.14. The smallest absolute Gasteiger partial charge is 0.191 e. The van der Waals surface area contributed by atoms with Gasteiger partial charge in [0.2, 0.25) is 0 Å². The minimum Gasteiger partial charge on any atom is -0.381 e. The van der Waals surface area contributed by atoms with E-state index in [0.717, 1.165) is 50.7 Å². The molecule has 0 radical (unpaired) electrons. The van der Waals surface area contributed by atoms with Gasteiger partial charge in [-0.2, -0.15) is 0 Å². The minimum atomic E-state index is -0.176. The van der Waals surface area contributed by atoms with Crippen molar-refractivity contribution in [3.8, 4) is 0 Å². The summed E-state index contributed by atoms with van der Waals surface area (Å²) in [4.78, 5) is 6.94. The summed E-state index contributed by atoms with van der Waals surface area (Å²) in [6.45, 7) is 7.55. The van der Waals surface area contributed by atoms with Crippen molar-refractivity contribution in [2.24, 2.45) is 4.99 Å². The maximum Gasteiger partial charge on any atom is 0.191 e. The molecule has 140 valence electrons. The number of hydrogen-bond donors (Lipinski definition) is 2. The first-order valence-electron chi connectivity index (χ1n) is 8.99. The highest BCUT2D eigenvalue weighted by Gasteiger charge is 2.34. The molecule has 25 heavy (non-hydrogen) atoms. The first-order chi connectivity index (χ1) is 12.0. The minimum absolute atomic E-state index is 0.0842. The highest BCUT2D eigenvalue weighted by Crippen LogP contribution is 2.25. The molecule has 0 unspecified atom stereocenters. The number of aryl methyl sites for hydroxylation is 1. The van der Waals surface area contributed by atoms with Crippen molar-refractivity contribution in [1.29, 1.82) is 0 Å². The van der Waals surface area contributed by atoms with E-state index in [1.807, 2.05) is 6.07 Å². The summed E-state index contributed by atoms with van der Waals surface area (Å²) < 4.78 is 18.9. The van der Waals surface area contributed by atoms with E-state index in [-0.39, 0.29) is 11.4 Å². The topological polar surface area (TPSA) is 48.9 Å². The Morgan fingerprint density at radius 2 is 2.00 bits per heavy atom. The van der Waals surface area contributed by atoms with Crippen molar-refractivity contribution in [2.75, 3.05) is 40.4 Å². The lowest BCUT2D eigenvalue weighted by atomic mass is 9.88. The average molecular weight is 350 g/mol. The van der Waals surface area contributed by atoms with E-state index in [0.29, 0.717) is 12.1 Å². The first kappa shape index (κ1) is 19.7. The second-order valence-electron chi connectivity index (χ2n) is 6.86. The molecule has 2 N–H and O–H groups in total. The number of halogens is 1. The van der Waals surface area contributed by atoms with E-state index < -0.39 is 0 Å². The Labute approximate surface area is 150 Å². The average Bonchev–Trinajstić information content (AvgIpc) is 2.61. The maximum absolute atomic E-state index is 13.4. The zero-order valence-electron chi connectivity index (χ0n) is 15.9. The number of rotatable bonds is 6. The molecule has 1 fully saturated rings. The number of aliphatic imine (C=N–C) groups is 1. The van der Waals surface area contributed by atoms with E-state index >= 15 is 0 Å². The van der Waals surface area contributed by atoms with Gasteiger partial charge in [-0.05, 0) is 58.0 Å². The molecular weight excluding hydrogens is 319 g/mol. The molecule has 1 heterocycles. The monoisotopic (exact) mass is 350 g/mol. The van der Waals surface area contributed by atoms with Crippen molar-refractivity contribution in [3.63, 3.8) is 0 Å². The number of likely N-dealkylation sites (N-methyl/N-ethyl adjacent to an activating group) is 1. The fraction of sp³-hybridized carbons (Fsp3) is 0.632. The molecule has 6 heteroatoms. The van der Waals surface area contributed by atoms with Crippen LogP contribution in [0.3, 0.4) is 0 Å². The van der Waals surface area contributed by atoms with Crippen LogP contribution in [0, 0.1) is 12.7 Å². The SMILES string of the molecule is CCNC(=NCc1ccc(F)c(C)c1)NCC1(N(C)C)CCOCC1. The lowest BCUT2D eigenvalue weighted by Gasteiger charge is -2.43. The molecule has 0 aliphatic carbocycles. The molecule has 1 aromatic carbocycles. The molecule has 0 aromatic heterocycles. The normalized spacial score (nSPS) is 17.6. The molecule has 1 aliphatic rings. The van der Waals surface area contributed by atoms with Gasteiger partial charge in [0.15, 0.2) is 5.96 Å². The quantitative estimate of drug-likeness (QED) is 0.611. The van der Waals surface area contributed by atoms with Gasteiger partial charge in [0.05, 0.1) is 6.54 Å². The molecule has 5 nitrogen and oxygen atoms in total. The highest BCUT2D eigenvalue weighted by atomic mass is 19.1. The van der Waals surface area contributed by atoms with Gasteiger partial charge in [-0.1, -0.05) is 12.1 Å². The van der Waals surface area contributed by atoms with Gasteiger partial charge >= 0.3 is 0 Å². The van der Waals surface area contributed by atoms with Crippen LogP contribution >= 0.6 is 0 Å². The van der Waals surface area contributed by atoms with Crippen molar-refractivity contribution in [3.05, 3.63) is 35.1 Å². The molecule has 0 atom stereocenters. The fourth-order valence-corrected chi connectivity index (χ4v) is 3.10. The van der Waals surface area contributed by atoms with Crippen molar-refractivity contribution < 1.29 is 9.13 Å². The van der Waals surface area contributed by atoms with Gasteiger partial charge in [0.1, 0.15) is 5.82 Å². The second kappa shape index (κ2) is 9.15. The number of ether oxygens (including phenoxy) is 1. The molecule has 0 saturated carbocycles. The standard InChI is InChI=1S/C19H31FN4O/c1-5-21-18(22-13-16-6-7-17(20)15(2)12-16)23-14-19(24(3)4)8-10-25-11-9-19/h6-7,12H,5,8-11,13-14H2,1-4H3,(H2,21,22,23). The van der Waals surface area contributed by atoms with Crippen molar-refractivity contribution in [2.45, 2.75) is 38.8 Å². The van der Waals surface area contributed by atoms with Crippen LogP contribution in [0.4, 0.5) is 4.39 Å². The maximum atomic E-state index is 13.4. The molecule has 0 amide bonds. The first-order valence-corrected chi connectivity index (χ1v) is 8.99. The van der Waals surface area contributed by atoms with Gasteiger partial charge in [-0.25, -0.2) is 9.38 Å². The Kier molecular flexibility index (Phi) is 7.20. The van der Waals surface area contributed by atoms with Crippen LogP contribution in [0.1, 0.15) is 30.9 Å². The molecular formula is C19H31FN4O. The van der Waals surface area contributed by atoms with E-state index in [4.69, 9.17) is 4.74 Å². The Hall–Kier alpha value is -1.66. The van der Waals surface area contributed by atoms with Crippen LogP contribution in [0.15, 0.2) is 23.2 Å². The second-order valence-corrected chi connectivity index (χ2v) is 6.86. The van der Waals surface area contributed by atoms with Gasteiger partial charge in [-0.3, -0.25) is 0 Å². The Morgan fingerprint density at radius 1 is 1.28 bits per heavy atom. The third kappa shape index (κ3) is 5.41. The fourth-order valence-electron chi connectivity index (χ4n) is 3.10. The molecule has 0 spiro atoms. The summed E-state index contributed by atoms with van der Waals surface area (Å²) >= 11 is 0. The zero-order chi connectivity index (χ0) is 18.3. The predicted octanol–water partition coefficient (Wildman–Crippen LogP) is 2.30. The molecule has 0 bridgehead atoms. The summed E-state index contributed by atoms with van der Waals surface area (Å²) in [7, 11) is 4.25. The molecule has 2 rings (SSSR count). The van der Waals surface area contributed by atoms with E-state index in [1.165, 1.54) is 6.07 Å². The lowest BCUT2D eigenvalue weighted by Crippen LogP contribution is -2.57. The predicted molar refractivity (Wildman–Crippen MR) is 100 cm³/mol.